The van der Waals surface area contributed by atoms with Gasteiger partial charge >= 0.3 is 5.97 Å². The Hall–Kier alpha value is -0.530. The number of carbonyl (C=O) groups is 1. The quantitative estimate of drug-likeness (QED) is 0.740. The lowest BCUT2D eigenvalue weighted by Gasteiger charge is -2.29. The molecule has 0 aromatic heterocycles. The third-order valence-corrected chi connectivity index (χ3v) is 4.12. The van der Waals surface area contributed by atoms with E-state index in [0.717, 1.165) is 18.8 Å². The SMILES string of the molecule is CCCC1CCC(CC(CC)C(=O)O)CC1. The minimum absolute atomic E-state index is 0.104. The van der Waals surface area contributed by atoms with Gasteiger partial charge in [-0.15, -0.1) is 0 Å². The predicted octanol–water partition coefficient (Wildman–Crippen LogP) is 4.09. The molecule has 0 heterocycles. The lowest BCUT2D eigenvalue weighted by atomic mass is 9.76. The maximum atomic E-state index is 11.0. The van der Waals surface area contributed by atoms with Gasteiger partial charge in [-0.25, -0.2) is 0 Å². The summed E-state index contributed by atoms with van der Waals surface area (Å²) < 4.78 is 0. The van der Waals surface area contributed by atoms with E-state index in [4.69, 9.17) is 5.11 Å². The van der Waals surface area contributed by atoms with Gasteiger partial charge in [0, 0.05) is 0 Å². The minimum Gasteiger partial charge on any atom is -0.481 e. The zero-order valence-corrected chi connectivity index (χ0v) is 10.7. The molecule has 0 radical (unpaired) electrons. The third-order valence-electron chi connectivity index (χ3n) is 4.12. The predicted molar refractivity (Wildman–Crippen MR) is 66.4 cm³/mol. The highest BCUT2D eigenvalue weighted by molar-refractivity contribution is 5.69. The standard InChI is InChI=1S/C14H26O2/c1-3-5-11-6-8-12(9-7-11)10-13(4-2)14(15)16/h11-13H,3-10H2,1-2H3,(H,15,16). The molecule has 0 amide bonds. The van der Waals surface area contributed by atoms with Gasteiger partial charge in [-0.2, -0.15) is 0 Å². The lowest BCUT2D eigenvalue weighted by molar-refractivity contribution is -0.142. The molecule has 16 heavy (non-hydrogen) atoms. The first kappa shape index (κ1) is 13.5. The molecule has 0 bridgehead atoms. The molecule has 2 heteroatoms. The van der Waals surface area contributed by atoms with Crippen molar-refractivity contribution in [1.82, 2.24) is 0 Å². The molecule has 0 aromatic carbocycles. The summed E-state index contributed by atoms with van der Waals surface area (Å²) in [5, 5.41) is 9.04. The molecular weight excluding hydrogens is 200 g/mol. The Labute approximate surface area is 99.4 Å². The van der Waals surface area contributed by atoms with Gasteiger partial charge in [0.2, 0.25) is 0 Å². The summed E-state index contributed by atoms with van der Waals surface area (Å²) in [7, 11) is 0. The van der Waals surface area contributed by atoms with Crippen LogP contribution in [0.3, 0.4) is 0 Å². The molecule has 1 saturated carbocycles. The molecule has 1 unspecified atom stereocenters. The van der Waals surface area contributed by atoms with E-state index in [0.29, 0.717) is 5.92 Å². The van der Waals surface area contributed by atoms with E-state index in [1.807, 2.05) is 6.92 Å². The van der Waals surface area contributed by atoms with Crippen LogP contribution in [-0.2, 0) is 4.79 Å². The molecule has 1 aliphatic carbocycles. The average Bonchev–Trinajstić information content (AvgIpc) is 2.28. The number of aliphatic carboxylic acids is 1. The molecule has 0 aliphatic heterocycles. The monoisotopic (exact) mass is 226 g/mol. The van der Waals surface area contributed by atoms with Crippen LogP contribution in [0.15, 0.2) is 0 Å². The van der Waals surface area contributed by atoms with Gasteiger partial charge in [0.25, 0.3) is 0 Å². The third kappa shape index (κ3) is 4.15. The van der Waals surface area contributed by atoms with Gasteiger partial charge in [0.05, 0.1) is 5.92 Å². The van der Waals surface area contributed by atoms with Crippen LogP contribution in [0, 0.1) is 17.8 Å². The highest BCUT2D eigenvalue weighted by Gasteiger charge is 2.25. The van der Waals surface area contributed by atoms with Crippen LogP contribution in [0.4, 0.5) is 0 Å². The smallest absolute Gasteiger partial charge is 0.306 e. The Morgan fingerprint density at radius 3 is 2.19 bits per heavy atom. The lowest BCUT2D eigenvalue weighted by Crippen LogP contribution is -2.21. The minimum atomic E-state index is -0.599. The molecule has 0 spiro atoms. The van der Waals surface area contributed by atoms with Crippen LogP contribution in [0.1, 0.15) is 65.2 Å². The first-order chi connectivity index (χ1) is 7.67. The van der Waals surface area contributed by atoms with Crippen molar-refractivity contribution in [1.29, 1.82) is 0 Å². The summed E-state index contributed by atoms with van der Waals surface area (Å²) in [6.45, 7) is 4.24. The van der Waals surface area contributed by atoms with Crippen LogP contribution >= 0.6 is 0 Å². The van der Waals surface area contributed by atoms with E-state index in [2.05, 4.69) is 6.92 Å². The van der Waals surface area contributed by atoms with Crippen molar-refractivity contribution in [2.24, 2.45) is 17.8 Å². The van der Waals surface area contributed by atoms with E-state index >= 15 is 0 Å². The van der Waals surface area contributed by atoms with Crippen molar-refractivity contribution in [2.45, 2.75) is 65.2 Å². The highest BCUT2D eigenvalue weighted by Crippen LogP contribution is 2.35. The van der Waals surface area contributed by atoms with Gasteiger partial charge in [0.1, 0.15) is 0 Å². The van der Waals surface area contributed by atoms with Gasteiger partial charge in [-0.05, 0) is 24.7 Å². The first-order valence-electron chi connectivity index (χ1n) is 6.90. The average molecular weight is 226 g/mol. The summed E-state index contributed by atoms with van der Waals surface area (Å²) in [6, 6.07) is 0. The van der Waals surface area contributed by atoms with E-state index < -0.39 is 5.97 Å². The summed E-state index contributed by atoms with van der Waals surface area (Å²) >= 11 is 0. The second kappa shape index (κ2) is 6.93. The van der Waals surface area contributed by atoms with Gasteiger partial charge in [0.15, 0.2) is 0 Å². The van der Waals surface area contributed by atoms with Crippen molar-refractivity contribution < 1.29 is 9.90 Å². The Morgan fingerprint density at radius 2 is 1.75 bits per heavy atom. The van der Waals surface area contributed by atoms with Crippen molar-refractivity contribution in [3.05, 3.63) is 0 Å². The molecule has 1 N–H and O–H groups in total. The molecule has 1 atom stereocenters. The maximum Gasteiger partial charge on any atom is 0.306 e. The second-order valence-corrected chi connectivity index (χ2v) is 5.35. The Bertz CT molecular complexity index is 205. The molecule has 1 aliphatic rings. The summed E-state index contributed by atoms with van der Waals surface area (Å²) in [6.07, 6.45) is 9.52. The highest BCUT2D eigenvalue weighted by atomic mass is 16.4. The number of carboxylic acids is 1. The van der Waals surface area contributed by atoms with Gasteiger partial charge < -0.3 is 5.11 Å². The van der Waals surface area contributed by atoms with E-state index in [-0.39, 0.29) is 5.92 Å². The van der Waals surface area contributed by atoms with E-state index in [1.54, 1.807) is 0 Å². The van der Waals surface area contributed by atoms with Gasteiger partial charge in [-0.1, -0.05) is 52.4 Å². The topological polar surface area (TPSA) is 37.3 Å². The largest absolute Gasteiger partial charge is 0.481 e. The first-order valence-corrected chi connectivity index (χ1v) is 6.90. The maximum absolute atomic E-state index is 11.0. The zero-order valence-electron chi connectivity index (χ0n) is 10.7. The van der Waals surface area contributed by atoms with Crippen LogP contribution in [-0.4, -0.2) is 11.1 Å². The Balaban J connectivity index is 2.28. The van der Waals surface area contributed by atoms with Crippen LogP contribution in [0.25, 0.3) is 0 Å². The zero-order chi connectivity index (χ0) is 12.0. The summed E-state index contributed by atoms with van der Waals surface area (Å²) in [5.41, 5.74) is 0. The van der Waals surface area contributed by atoms with Crippen molar-refractivity contribution in [2.75, 3.05) is 0 Å². The Kier molecular flexibility index (Phi) is 5.86. The number of rotatable bonds is 6. The number of hydrogen-bond donors (Lipinski definition) is 1. The molecule has 1 fully saturated rings. The Morgan fingerprint density at radius 1 is 1.19 bits per heavy atom. The fraction of sp³-hybridized carbons (Fsp3) is 0.929. The van der Waals surface area contributed by atoms with Gasteiger partial charge in [-0.3, -0.25) is 4.79 Å². The normalized spacial score (nSPS) is 27.6. The molecular formula is C14H26O2. The van der Waals surface area contributed by atoms with E-state index in [9.17, 15) is 4.79 Å². The molecule has 2 nitrogen and oxygen atoms in total. The van der Waals surface area contributed by atoms with Crippen LogP contribution < -0.4 is 0 Å². The van der Waals surface area contributed by atoms with Crippen LogP contribution in [0.2, 0.25) is 0 Å². The fourth-order valence-corrected chi connectivity index (χ4v) is 3.01. The molecule has 0 saturated heterocycles. The fourth-order valence-electron chi connectivity index (χ4n) is 3.01. The van der Waals surface area contributed by atoms with Crippen molar-refractivity contribution in [3.8, 4) is 0 Å². The van der Waals surface area contributed by atoms with Crippen molar-refractivity contribution in [3.63, 3.8) is 0 Å². The number of carboxylic acid groups (broad SMARTS) is 1. The summed E-state index contributed by atoms with van der Waals surface area (Å²) in [4.78, 5) is 11.0. The van der Waals surface area contributed by atoms with Crippen molar-refractivity contribution >= 4 is 5.97 Å². The molecule has 1 rings (SSSR count). The summed E-state index contributed by atoms with van der Waals surface area (Å²) in [5.74, 6) is 0.895. The molecule has 94 valence electrons. The second-order valence-electron chi connectivity index (χ2n) is 5.35. The number of hydrogen-bond acceptors (Lipinski definition) is 1. The molecule has 0 aromatic rings. The van der Waals surface area contributed by atoms with E-state index in [1.165, 1.54) is 38.5 Å². The van der Waals surface area contributed by atoms with Crippen LogP contribution in [0.5, 0.6) is 0 Å².